The third-order valence-electron chi connectivity index (χ3n) is 8.88. The highest BCUT2D eigenvalue weighted by Crippen LogP contribution is 2.46. The molecule has 0 amide bonds. The quantitative estimate of drug-likeness (QED) is 0.112. The molecule has 0 spiro atoms. The summed E-state index contributed by atoms with van der Waals surface area (Å²) >= 11 is 0. The summed E-state index contributed by atoms with van der Waals surface area (Å²) < 4.78 is 0. The van der Waals surface area contributed by atoms with Gasteiger partial charge in [0.25, 0.3) is 0 Å². The lowest BCUT2D eigenvalue weighted by Crippen LogP contribution is -1.96. The molecule has 0 aromatic heterocycles. The topological polar surface area (TPSA) is 0 Å². The van der Waals surface area contributed by atoms with E-state index in [1.807, 2.05) is 18.2 Å². The molecule has 48 heavy (non-hydrogen) atoms. The van der Waals surface area contributed by atoms with Crippen LogP contribution in [-0.2, 0) is 0 Å². The van der Waals surface area contributed by atoms with E-state index in [1.165, 1.54) is 38.9 Å². The summed E-state index contributed by atoms with van der Waals surface area (Å²) in [5, 5.41) is 0. The molecule has 0 unspecified atom stereocenters. The largest absolute Gasteiger partial charge is 0.0984 e. The van der Waals surface area contributed by atoms with E-state index < -0.39 is 0 Å². The summed E-state index contributed by atoms with van der Waals surface area (Å²) in [4.78, 5) is 0. The van der Waals surface area contributed by atoms with Crippen LogP contribution in [0.25, 0.3) is 61.2 Å². The minimum Gasteiger partial charge on any atom is -0.0984 e. The van der Waals surface area contributed by atoms with Gasteiger partial charge in [0.2, 0.25) is 0 Å². The van der Waals surface area contributed by atoms with E-state index in [-0.39, 0.29) is 0 Å². The molecular weight excluding hydrogens is 577 g/mol. The number of hydrogen-bond acceptors (Lipinski definition) is 0. The average Bonchev–Trinajstić information content (AvgIpc) is 3.18. The Morgan fingerprint density at radius 1 is 0.354 bits per heavy atom. The first-order chi connectivity index (χ1) is 23.7. The predicted octanol–water partition coefficient (Wildman–Crippen LogP) is 13.2. The summed E-state index contributed by atoms with van der Waals surface area (Å²) in [5.74, 6) is 0. The van der Waals surface area contributed by atoms with Crippen LogP contribution in [0.3, 0.4) is 0 Å². The standard InChI is InChI=1S/C48H36/c1-3-43(46(40-25-15-7-16-26-40)35(2)36-19-9-4-10-20-36)39-29-31-42(32-30-39)48-45(38-23-13-6-14-24-38)34-33-44(37-21-11-5-12-22-37)47(48)41-27-17-8-18-28-41/h3-34H,1-2H2/b46-43-. The lowest BCUT2D eigenvalue weighted by Gasteiger charge is -2.21. The fourth-order valence-electron chi connectivity index (χ4n) is 6.59. The van der Waals surface area contributed by atoms with Gasteiger partial charge in [-0.05, 0) is 77.9 Å². The number of hydrogen-bond donors (Lipinski definition) is 0. The molecule has 7 aromatic carbocycles. The van der Waals surface area contributed by atoms with Crippen LogP contribution in [0.1, 0.15) is 16.7 Å². The highest BCUT2D eigenvalue weighted by atomic mass is 14.2. The van der Waals surface area contributed by atoms with Crippen LogP contribution in [0, 0.1) is 0 Å². The second-order valence-corrected chi connectivity index (χ2v) is 11.8. The Balaban J connectivity index is 1.46. The summed E-state index contributed by atoms with van der Waals surface area (Å²) in [5.41, 5.74) is 15.9. The molecule has 7 aromatic rings. The van der Waals surface area contributed by atoms with Crippen molar-refractivity contribution in [2.24, 2.45) is 0 Å². The number of rotatable bonds is 9. The Bertz CT molecular complexity index is 2190. The van der Waals surface area contributed by atoms with Gasteiger partial charge in [-0.3, -0.25) is 0 Å². The molecule has 0 aliphatic heterocycles. The van der Waals surface area contributed by atoms with Crippen molar-refractivity contribution < 1.29 is 0 Å². The van der Waals surface area contributed by atoms with Gasteiger partial charge in [-0.25, -0.2) is 0 Å². The van der Waals surface area contributed by atoms with Crippen LogP contribution < -0.4 is 0 Å². The van der Waals surface area contributed by atoms with Gasteiger partial charge in [0.05, 0.1) is 0 Å². The molecule has 0 fully saturated rings. The molecule has 0 radical (unpaired) electrons. The van der Waals surface area contributed by atoms with Crippen LogP contribution in [0.4, 0.5) is 0 Å². The molecule has 0 aliphatic carbocycles. The minimum atomic E-state index is 0.967. The summed E-state index contributed by atoms with van der Waals surface area (Å²) in [6.45, 7) is 8.88. The summed E-state index contributed by atoms with van der Waals surface area (Å²) in [7, 11) is 0. The van der Waals surface area contributed by atoms with Crippen molar-refractivity contribution >= 4 is 16.7 Å². The van der Waals surface area contributed by atoms with Crippen LogP contribution in [-0.4, -0.2) is 0 Å². The smallest absolute Gasteiger partial charge is 0.00206 e. The van der Waals surface area contributed by atoms with Crippen LogP contribution >= 0.6 is 0 Å². The maximum Gasteiger partial charge on any atom is -0.00206 e. The summed E-state index contributed by atoms with van der Waals surface area (Å²) in [6.07, 6.45) is 1.96. The second kappa shape index (κ2) is 14.0. The average molecular weight is 613 g/mol. The zero-order valence-electron chi connectivity index (χ0n) is 26.9. The minimum absolute atomic E-state index is 0.967. The molecule has 0 heterocycles. The van der Waals surface area contributed by atoms with Crippen molar-refractivity contribution in [3.8, 4) is 44.5 Å². The Morgan fingerprint density at radius 2 is 0.729 bits per heavy atom. The molecule has 0 aliphatic rings. The van der Waals surface area contributed by atoms with E-state index in [2.05, 4.69) is 189 Å². The van der Waals surface area contributed by atoms with Crippen molar-refractivity contribution in [1.82, 2.24) is 0 Å². The molecule has 0 saturated heterocycles. The van der Waals surface area contributed by atoms with Gasteiger partial charge in [-0.15, -0.1) is 0 Å². The van der Waals surface area contributed by atoms with Gasteiger partial charge in [0.15, 0.2) is 0 Å². The Hall–Kier alpha value is -6.24. The molecule has 0 nitrogen and oxygen atoms in total. The van der Waals surface area contributed by atoms with Gasteiger partial charge >= 0.3 is 0 Å². The van der Waals surface area contributed by atoms with Crippen LogP contribution in [0.2, 0.25) is 0 Å². The Morgan fingerprint density at radius 3 is 1.17 bits per heavy atom. The normalized spacial score (nSPS) is 11.4. The van der Waals surface area contributed by atoms with E-state index in [0.717, 1.165) is 39.0 Å². The third kappa shape index (κ3) is 6.12. The fraction of sp³-hybridized carbons (Fsp3) is 0. The van der Waals surface area contributed by atoms with E-state index in [9.17, 15) is 0 Å². The third-order valence-corrected chi connectivity index (χ3v) is 8.88. The lowest BCUT2D eigenvalue weighted by atomic mass is 9.82. The van der Waals surface area contributed by atoms with E-state index in [1.54, 1.807) is 0 Å². The van der Waals surface area contributed by atoms with Crippen molar-refractivity contribution in [3.63, 3.8) is 0 Å². The number of benzene rings is 7. The zero-order chi connectivity index (χ0) is 32.7. The maximum atomic E-state index is 4.58. The monoisotopic (exact) mass is 612 g/mol. The second-order valence-electron chi connectivity index (χ2n) is 11.8. The number of allylic oxidation sites excluding steroid dienone is 4. The maximum absolute atomic E-state index is 4.58. The van der Waals surface area contributed by atoms with Crippen molar-refractivity contribution in [3.05, 3.63) is 224 Å². The highest BCUT2D eigenvalue weighted by molar-refractivity contribution is 6.16. The van der Waals surface area contributed by atoms with E-state index >= 15 is 0 Å². The Labute approximate surface area is 284 Å². The first-order valence-corrected chi connectivity index (χ1v) is 16.3. The molecule has 0 bridgehead atoms. The van der Waals surface area contributed by atoms with E-state index in [4.69, 9.17) is 0 Å². The lowest BCUT2D eigenvalue weighted by molar-refractivity contribution is 1.53. The van der Waals surface area contributed by atoms with Crippen LogP contribution in [0.15, 0.2) is 207 Å². The zero-order valence-corrected chi connectivity index (χ0v) is 26.9. The first kappa shape index (κ1) is 30.4. The molecule has 0 heteroatoms. The molecule has 228 valence electrons. The Kier molecular flexibility index (Phi) is 8.89. The highest BCUT2D eigenvalue weighted by Gasteiger charge is 2.20. The fourth-order valence-corrected chi connectivity index (χ4v) is 6.59. The summed E-state index contributed by atoms with van der Waals surface area (Å²) in [6, 6.07) is 66.6. The molecule has 0 atom stereocenters. The molecular formula is C48H36. The van der Waals surface area contributed by atoms with Crippen molar-refractivity contribution in [2.75, 3.05) is 0 Å². The molecule has 7 rings (SSSR count). The van der Waals surface area contributed by atoms with Gasteiger partial charge in [0.1, 0.15) is 0 Å². The first-order valence-electron chi connectivity index (χ1n) is 16.3. The van der Waals surface area contributed by atoms with E-state index in [0.29, 0.717) is 0 Å². The molecule has 0 N–H and O–H groups in total. The van der Waals surface area contributed by atoms with Crippen LogP contribution in [0.5, 0.6) is 0 Å². The van der Waals surface area contributed by atoms with Gasteiger partial charge in [0, 0.05) is 0 Å². The molecule has 0 saturated carbocycles. The SMILES string of the molecule is C=C/C(=C(\C(=C)c1ccccc1)c1ccccc1)c1ccc(-c2c(-c3ccccc3)ccc(-c3ccccc3)c2-c2ccccc2)cc1. The predicted molar refractivity (Wildman–Crippen MR) is 207 cm³/mol. The van der Waals surface area contributed by atoms with Crippen molar-refractivity contribution in [2.45, 2.75) is 0 Å². The van der Waals surface area contributed by atoms with Gasteiger partial charge in [-0.2, -0.15) is 0 Å². The van der Waals surface area contributed by atoms with Crippen molar-refractivity contribution in [1.29, 1.82) is 0 Å². The van der Waals surface area contributed by atoms with Gasteiger partial charge in [-0.1, -0.05) is 207 Å². The van der Waals surface area contributed by atoms with Gasteiger partial charge < -0.3 is 0 Å².